The van der Waals surface area contributed by atoms with Crippen molar-refractivity contribution < 1.29 is 18.0 Å². The Morgan fingerprint density at radius 3 is 2.42 bits per heavy atom. The third-order valence-corrected chi connectivity index (χ3v) is 6.41. The Morgan fingerprint density at radius 1 is 1.15 bits per heavy atom. The van der Waals surface area contributed by atoms with Crippen LogP contribution in [0.2, 0.25) is 0 Å². The van der Waals surface area contributed by atoms with Gasteiger partial charge in [-0.3, -0.25) is 9.59 Å². The molecule has 7 nitrogen and oxygen atoms in total. The monoisotopic (exact) mass is 381 g/mol. The summed E-state index contributed by atoms with van der Waals surface area (Å²) >= 11 is 0. The van der Waals surface area contributed by atoms with Crippen molar-refractivity contribution in [3.8, 4) is 0 Å². The second-order valence-electron chi connectivity index (χ2n) is 6.47. The minimum atomic E-state index is -3.22. The molecule has 2 rings (SSSR count). The third-order valence-electron chi connectivity index (χ3n) is 4.45. The zero-order valence-electron chi connectivity index (χ0n) is 15.1. The van der Waals surface area contributed by atoms with Crippen LogP contribution in [0.1, 0.15) is 32.6 Å². The lowest BCUT2D eigenvalue weighted by Gasteiger charge is -2.30. The van der Waals surface area contributed by atoms with Gasteiger partial charge in [0, 0.05) is 24.7 Å². The summed E-state index contributed by atoms with van der Waals surface area (Å²) in [6.45, 7) is 2.59. The molecule has 0 unspecified atom stereocenters. The van der Waals surface area contributed by atoms with Crippen molar-refractivity contribution in [2.75, 3.05) is 30.7 Å². The van der Waals surface area contributed by atoms with Crippen molar-refractivity contribution in [3.63, 3.8) is 0 Å². The van der Waals surface area contributed by atoms with Crippen LogP contribution in [0, 0.1) is 5.92 Å². The fourth-order valence-electron chi connectivity index (χ4n) is 2.89. The smallest absolute Gasteiger partial charge is 0.243 e. The van der Waals surface area contributed by atoms with Gasteiger partial charge in [0.1, 0.15) is 0 Å². The summed E-state index contributed by atoms with van der Waals surface area (Å²) in [5.41, 5.74) is 0.678. The largest absolute Gasteiger partial charge is 0.347 e. The second-order valence-corrected chi connectivity index (χ2v) is 8.56. The van der Waals surface area contributed by atoms with Gasteiger partial charge in [0.2, 0.25) is 21.8 Å². The topological polar surface area (TPSA) is 95.6 Å². The fourth-order valence-corrected chi connectivity index (χ4v) is 4.57. The molecule has 1 aliphatic rings. The van der Waals surface area contributed by atoms with Gasteiger partial charge in [-0.1, -0.05) is 31.5 Å². The maximum atomic E-state index is 12.2. The first-order valence-electron chi connectivity index (χ1n) is 9.03. The maximum absolute atomic E-state index is 12.2. The number of hydrogen-bond acceptors (Lipinski definition) is 4. The second kappa shape index (κ2) is 9.68. The van der Waals surface area contributed by atoms with Crippen molar-refractivity contribution in [1.82, 2.24) is 9.62 Å². The van der Waals surface area contributed by atoms with Crippen LogP contribution in [-0.4, -0.2) is 49.9 Å². The maximum Gasteiger partial charge on any atom is 0.243 e. The highest BCUT2D eigenvalue weighted by molar-refractivity contribution is 7.89. The van der Waals surface area contributed by atoms with Crippen LogP contribution in [0.5, 0.6) is 0 Å². The molecule has 1 aliphatic heterocycles. The normalized spacial score (nSPS) is 16.2. The summed E-state index contributed by atoms with van der Waals surface area (Å²) < 4.78 is 25.8. The molecule has 2 amide bonds. The van der Waals surface area contributed by atoms with Gasteiger partial charge < -0.3 is 10.6 Å². The number of nitrogens with zero attached hydrogens (tertiary/aromatic N) is 1. The molecule has 1 aromatic carbocycles. The molecule has 8 heteroatoms. The number of amides is 2. The lowest BCUT2D eigenvalue weighted by molar-refractivity contribution is -0.128. The Morgan fingerprint density at radius 2 is 1.81 bits per heavy atom. The number of unbranched alkanes of at least 4 members (excludes halogenated alkanes) is 1. The zero-order chi connectivity index (χ0) is 19.0. The average molecular weight is 381 g/mol. The van der Waals surface area contributed by atoms with Crippen molar-refractivity contribution in [3.05, 3.63) is 30.3 Å². The number of piperidine rings is 1. The van der Waals surface area contributed by atoms with Gasteiger partial charge in [-0.25, -0.2) is 12.7 Å². The molecular formula is C18H27N3O4S. The van der Waals surface area contributed by atoms with Crippen LogP contribution < -0.4 is 10.6 Å². The first kappa shape index (κ1) is 20.4. The molecule has 0 aliphatic carbocycles. The first-order chi connectivity index (χ1) is 12.4. The van der Waals surface area contributed by atoms with Crippen molar-refractivity contribution >= 4 is 27.5 Å². The van der Waals surface area contributed by atoms with Gasteiger partial charge in [-0.05, 0) is 31.4 Å². The fraction of sp³-hybridized carbons (Fsp3) is 0.556. The standard InChI is InChI=1S/C18H27N3O4S/c1-2-3-13-26(24,25)21-11-9-15(10-12-21)18(23)19-14-17(22)20-16-7-5-4-6-8-16/h4-8,15H,2-3,9-14H2,1H3,(H,19,23)(H,20,22). The summed E-state index contributed by atoms with van der Waals surface area (Å²) in [6, 6.07) is 9.03. The Balaban J connectivity index is 1.73. The van der Waals surface area contributed by atoms with E-state index in [1.165, 1.54) is 4.31 Å². The molecule has 26 heavy (non-hydrogen) atoms. The first-order valence-corrected chi connectivity index (χ1v) is 10.6. The average Bonchev–Trinajstić information content (AvgIpc) is 2.65. The molecule has 0 spiro atoms. The number of anilines is 1. The highest BCUT2D eigenvalue weighted by Gasteiger charge is 2.30. The summed E-state index contributed by atoms with van der Waals surface area (Å²) in [5, 5.41) is 5.35. The van der Waals surface area contributed by atoms with E-state index in [0.717, 1.165) is 6.42 Å². The van der Waals surface area contributed by atoms with E-state index in [4.69, 9.17) is 0 Å². The third kappa shape index (κ3) is 6.10. The lowest BCUT2D eigenvalue weighted by Crippen LogP contribution is -2.44. The van der Waals surface area contributed by atoms with Gasteiger partial charge in [0.15, 0.2) is 0 Å². The number of benzene rings is 1. The van der Waals surface area contributed by atoms with Crippen molar-refractivity contribution in [1.29, 1.82) is 0 Å². The molecule has 1 saturated heterocycles. The molecule has 0 atom stereocenters. The van der Waals surface area contributed by atoms with Crippen LogP contribution in [0.3, 0.4) is 0 Å². The zero-order valence-corrected chi connectivity index (χ0v) is 15.9. The lowest BCUT2D eigenvalue weighted by atomic mass is 9.97. The molecule has 1 aromatic rings. The van der Waals surface area contributed by atoms with E-state index in [9.17, 15) is 18.0 Å². The molecule has 0 saturated carbocycles. The summed E-state index contributed by atoms with van der Waals surface area (Å²) in [5.74, 6) is -0.569. The Bertz CT molecular complexity index is 698. The molecule has 0 bridgehead atoms. The highest BCUT2D eigenvalue weighted by Crippen LogP contribution is 2.20. The van der Waals surface area contributed by atoms with E-state index >= 15 is 0 Å². The number of para-hydroxylation sites is 1. The molecule has 1 heterocycles. The number of nitrogens with one attached hydrogen (secondary N) is 2. The Hall–Kier alpha value is -1.93. The van der Waals surface area contributed by atoms with Crippen LogP contribution in [0.4, 0.5) is 5.69 Å². The van der Waals surface area contributed by atoms with Gasteiger partial charge in [-0.2, -0.15) is 0 Å². The van der Waals surface area contributed by atoms with E-state index < -0.39 is 10.0 Å². The quantitative estimate of drug-likeness (QED) is 0.715. The minimum absolute atomic E-state index is 0.0945. The molecule has 2 N–H and O–H groups in total. The highest BCUT2D eigenvalue weighted by atomic mass is 32.2. The molecule has 0 radical (unpaired) electrons. The summed E-state index contributed by atoms with van der Waals surface area (Å²) in [7, 11) is -3.22. The molecule has 1 fully saturated rings. The van der Waals surface area contributed by atoms with E-state index in [-0.39, 0.29) is 30.0 Å². The van der Waals surface area contributed by atoms with Crippen molar-refractivity contribution in [2.24, 2.45) is 5.92 Å². The number of rotatable bonds is 8. The minimum Gasteiger partial charge on any atom is -0.347 e. The Kier molecular flexibility index (Phi) is 7.59. The van der Waals surface area contributed by atoms with Crippen LogP contribution in [-0.2, 0) is 19.6 Å². The SMILES string of the molecule is CCCCS(=O)(=O)N1CCC(C(=O)NCC(=O)Nc2ccccc2)CC1. The van der Waals surface area contributed by atoms with Crippen LogP contribution in [0.25, 0.3) is 0 Å². The molecule has 144 valence electrons. The Labute approximate surface area is 155 Å². The van der Waals surface area contributed by atoms with E-state index in [1.807, 2.05) is 25.1 Å². The predicted molar refractivity (Wildman–Crippen MR) is 101 cm³/mol. The number of sulfonamides is 1. The van der Waals surface area contributed by atoms with Crippen molar-refractivity contribution in [2.45, 2.75) is 32.6 Å². The van der Waals surface area contributed by atoms with Crippen LogP contribution >= 0.6 is 0 Å². The molecular weight excluding hydrogens is 354 g/mol. The van der Waals surface area contributed by atoms with Gasteiger partial charge in [0.25, 0.3) is 0 Å². The van der Waals surface area contributed by atoms with Gasteiger partial charge in [0.05, 0.1) is 12.3 Å². The summed E-state index contributed by atoms with van der Waals surface area (Å²) in [4.78, 5) is 24.1. The predicted octanol–water partition coefficient (Wildman–Crippen LogP) is 1.58. The van der Waals surface area contributed by atoms with Crippen LogP contribution in [0.15, 0.2) is 30.3 Å². The van der Waals surface area contributed by atoms with E-state index in [1.54, 1.807) is 12.1 Å². The number of hydrogen-bond donors (Lipinski definition) is 2. The van der Waals surface area contributed by atoms with E-state index in [2.05, 4.69) is 10.6 Å². The van der Waals surface area contributed by atoms with Gasteiger partial charge >= 0.3 is 0 Å². The van der Waals surface area contributed by atoms with E-state index in [0.29, 0.717) is 38.0 Å². The molecule has 0 aromatic heterocycles. The van der Waals surface area contributed by atoms with Gasteiger partial charge in [-0.15, -0.1) is 0 Å². The number of carbonyl (C=O) groups is 2. The summed E-state index contributed by atoms with van der Waals surface area (Å²) in [6.07, 6.45) is 2.46. The number of carbonyl (C=O) groups excluding carboxylic acids is 2.